The van der Waals surface area contributed by atoms with E-state index < -0.39 is 0 Å². The molecule has 1 fully saturated rings. The molecule has 0 radical (unpaired) electrons. The van der Waals surface area contributed by atoms with E-state index in [9.17, 15) is 0 Å². The van der Waals surface area contributed by atoms with Crippen molar-refractivity contribution in [1.29, 1.82) is 0 Å². The molecule has 1 aliphatic heterocycles. The SMILES string of the molecule is CCNc1ccnc(OC2CCNC2)n1. The van der Waals surface area contributed by atoms with Gasteiger partial charge < -0.3 is 15.4 Å². The molecule has 5 heteroatoms. The molecule has 0 bridgehead atoms. The largest absolute Gasteiger partial charge is 0.459 e. The van der Waals surface area contributed by atoms with Gasteiger partial charge in [0, 0.05) is 19.3 Å². The fraction of sp³-hybridized carbons (Fsp3) is 0.600. The highest BCUT2D eigenvalue weighted by Gasteiger charge is 2.16. The second kappa shape index (κ2) is 4.93. The van der Waals surface area contributed by atoms with Crippen LogP contribution in [0.4, 0.5) is 5.82 Å². The van der Waals surface area contributed by atoms with E-state index in [1.807, 2.05) is 13.0 Å². The van der Waals surface area contributed by atoms with Crippen LogP contribution in [0.25, 0.3) is 0 Å². The van der Waals surface area contributed by atoms with E-state index in [1.54, 1.807) is 6.20 Å². The monoisotopic (exact) mass is 208 g/mol. The number of rotatable bonds is 4. The van der Waals surface area contributed by atoms with Crippen molar-refractivity contribution >= 4 is 5.82 Å². The van der Waals surface area contributed by atoms with E-state index in [1.165, 1.54) is 0 Å². The molecule has 2 rings (SSSR count). The molecule has 0 aliphatic carbocycles. The van der Waals surface area contributed by atoms with Crippen LogP contribution >= 0.6 is 0 Å². The average Bonchev–Trinajstić information content (AvgIpc) is 2.71. The van der Waals surface area contributed by atoms with Crippen molar-refractivity contribution in [1.82, 2.24) is 15.3 Å². The first-order chi connectivity index (χ1) is 7.38. The van der Waals surface area contributed by atoms with Crippen LogP contribution < -0.4 is 15.4 Å². The topological polar surface area (TPSA) is 59.1 Å². The molecule has 82 valence electrons. The van der Waals surface area contributed by atoms with Gasteiger partial charge in [0.05, 0.1) is 0 Å². The standard InChI is InChI=1S/C10H16N4O/c1-2-12-9-4-6-13-10(14-9)15-8-3-5-11-7-8/h4,6,8,11H,2-3,5,7H2,1H3,(H,12,13,14). The Kier molecular flexibility index (Phi) is 3.34. The minimum Gasteiger partial charge on any atom is -0.459 e. The normalized spacial score (nSPS) is 20.2. The summed E-state index contributed by atoms with van der Waals surface area (Å²) >= 11 is 0. The summed E-state index contributed by atoms with van der Waals surface area (Å²) in [7, 11) is 0. The summed E-state index contributed by atoms with van der Waals surface area (Å²) in [6.07, 6.45) is 2.94. The molecule has 1 saturated heterocycles. The Balaban J connectivity index is 1.97. The van der Waals surface area contributed by atoms with E-state index in [2.05, 4.69) is 20.6 Å². The lowest BCUT2D eigenvalue weighted by atomic mass is 10.3. The molecule has 2 heterocycles. The zero-order valence-corrected chi connectivity index (χ0v) is 8.86. The number of nitrogens with one attached hydrogen (secondary N) is 2. The van der Waals surface area contributed by atoms with Gasteiger partial charge in [-0.25, -0.2) is 4.98 Å². The molecule has 1 aromatic rings. The molecular formula is C10H16N4O. The third-order valence-electron chi connectivity index (χ3n) is 2.28. The molecule has 2 N–H and O–H groups in total. The molecule has 1 aromatic heterocycles. The van der Waals surface area contributed by atoms with Gasteiger partial charge in [-0.1, -0.05) is 0 Å². The summed E-state index contributed by atoms with van der Waals surface area (Å²) in [5.41, 5.74) is 0. The minimum atomic E-state index is 0.210. The zero-order valence-electron chi connectivity index (χ0n) is 8.86. The second-order valence-corrected chi connectivity index (χ2v) is 3.49. The Bertz CT molecular complexity index is 312. The Labute approximate surface area is 89.3 Å². The summed E-state index contributed by atoms with van der Waals surface area (Å²) < 4.78 is 5.64. The number of anilines is 1. The number of hydrogen-bond donors (Lipinski definition) is 2. The maximum absolute atomic E-state index is 5.64. The predicted octanol–water partition coefficient (Wildman–Crippen LogP) is 0.649. The van der Waals surface area contributed by atoms with Gasteiger partial charge in [0.1, 0.15) is 11.9 Å². The van der Waals surface area contributed by atoms with Crippen LogP contribution in [0.2, 0.25) is 0 Å². The van der Waals surface area contributed by atoms with Crippen molar-refractivity contribution in [3.8, 4) is 6.01 Å². The van der Waals surface area contributed by atoms with Crippen LogP contribution in [0.15, 0.2) is 12.3 Å². The lowest BCUT2D eigenvalue weighted by molar-refractivity contribution is 0.204. The maximum Gasteiger partial charge on any atom is 0.318 e. The van der Waals surface area contributed by atoms with Crippen molar-refractivity contribution in [2.24, 2.45) is 0 Å². The molecule has 0 aromatic carbocycles. The Morgan fingerprint density at radius 3 is 3.33 bits per heavy atom. The van der Waals surface area contributed by atoms with E-state index in [0.29, 0.717) is 6.01 Å². The van der Waals surface area contributed by atoms with Gasteiger partial charge in [0.2, 0.25) is 0 Å². The van der Waals surface area contributed by atoms with Gasteiger partial charge in [-0.15, -0.1) is 0 Å². The molecule has 0 spiro atoms. The summed E-state index contributed by atoms with van der Waals surface area (Å²) in [6.45, 7) is 4.78. The first-order valence-electron chi connectivity index (χ1n) is 5.33. The van der Waals surface area contributed by atoms with Gasteiger partial charge in [0.25, 0.3) is 0 Å². The molecule has 0 saturated carbocycles. The molecular weight excluding hydrogens is 192 g/mol. The summed E-state index contributed by atoms with van der Waals surface area (Å²) in [5.74, 6) is 0.813. The lowest BCUT2D eigenvalue weighted by Crippen LogP contribution is -2.20. The first-order valence-corrected chi connectivity index (χ1v) is 5.33. The quantitative estimate of drug-likeness (QED) is 0.760. The highest BCUT2D eigenvalue weighted by atomic mass is 16.5. The smallest absolute Gasteiger partial charge is 0.318 e. The van der Waals surface area contributed by atoms with Crippen molar-refractivity contribution in [3.63, 3.8) is 0 Å². The molecule has 1 atom stereocenters. The van der Waals surface area contributed by atoms with Crippen molar-refractivity contribution in [2.45, 2.75) is 19.4 Å². The molecule has 15 heavy (non-hydrogen) atoms. The molecule has 1 unspecified atom stereocenters. The van der Waals surface area contributed by atoms with Gasteiger partial charge in [-0.2, -0.15) is 4.98 Å². The lowest BCUT2D eigenvalue weighted by Gasteiger charge is -2.10. The Hall–Kier alpha value is -1.36. The summed E-state index contributed by atoms with van der Waals surface area (Å²) in [5, 5.41) is 6.36. The van der Waals surface area contributed by atoms with Crippen molar-refractivity contribution < 1.29 is 4.74 Å². The van der Waals surface area contributed by atoms with Crippen LogP contribution in [0, 0.1) is 0 Å². The Morgan fingerprint density at radius 1 is 1.67 bits per heavy atom. The highest BCUT2D eigenvalue weighted by Crippen LogP contribution is 2.11. The van der Waals surface area contributed by atoms with Gasteiger partial charge in [0.15, 0.2) is 0 Å². The summed E-state index contributed by atoms with van der Waals surface area (Å²) in [4.78, 5) is 8.34. The van der Waals surface area contributed by atoms with Gasteiger partial charge in [-0.3, -0.25) is 0 Å². The summed E-state index contributed by atoms with van der Waals surface area (Å²) in [6, 6.07) is 2.30. The van der Waals surface area contributed by atoms with Crippen LogP contribution in [-0.4, -0.2) is 35.7 Å². The average molecular weight is 208 g/mol. The third kappa shape index (κ3) is 2.79. The van der Waals surface area contributed by atoms with Crippen molar-refractivity contribution in [3.05, 3.63) is 12.3 Å². The zero-order chi connectivity index (χ0) is 10.5. The molecule has 0 amide bonds. The number of ether oxygens (including phenoxy) is 1. The highest BCUT2D eigenvalue weighted by molar-refractivity contribution is 5.33. The Morgan fingerprint density at radius 2 is 2.60 bits per heavy atom. The fourth-order valence-electron chi connectivity index (χ4n) is 1.55. The fourth-order valence-corrected chi connectivity index (χ4v) is 1.55. The minimum absolute atomic E-state index is 0.210. The van der Waals surface area contributed by atoms with Crippen LogP contribution in [0.5, 0.6) is 6.01 Å². The number of nitrogens with zero attached hydrogens (tertiary/aromatic N) is 2. The third-order valence-corrected chi connectivity index (χ3v) is 2.28. The molecule has 1 aliphatic rings. The van der Waals surface area contributed by atoms with Gasteiger partial charge in [-0.05, 0) is 26.0 Å². The van der Waals surface area contributed by atoms with Gasteiger partial charge >= 0.3 is 6.01 Å². The maximum atomic E-state index is 5.64. The van der Waals surface area contributed by atoms with Crippen LogP contribution in [-0.2, 0) is 0 Å². The van der Waals surface area contributed by atoms with Crippen LogP contribution in [0.1, 0.15) is 13.3 Å². The van der Waals surface area contributed by atoms with E-state index >= 15 is 0 Å². The number of hydrogen-bond acceptors (Lipinski definition) is 5. The van der Waals surface area contributed by atoms with E-state index in [4.69, 9.17) is 4.74 Å². The molecule has 5 nitrogen and oxygen atoms in total. The first kappa shape index (κ1) is 10.2. The number of aromatic nitrogens is 2. The van der Waals surface area contributed by atoms with Crippen molar-refractivity contribution in [2.75, 3.05) is 25.0 Å². The second-order valence-electron chi connectivity index (χ2n) is 3.49. The van der Waals surface area contributed by atoms with E-state index in [0.717, 1.165) is 31.9 Å². The van der Waals surface area contributed by atoms with E-state index in [-0.39, 0.29) is 6.10 Å². The van der Waals surface area contributed by atoms with Crippen LogP contribution in [0.3, 0.4) is 0 Å². The predicted molar refractivity (Wildman–Crippen MR) is 58.1 cm³/mol.